The van der Waals surface area contributed by atoms with Gasteiger partial charge < -0.3 is 15.0 Å². The number of carbonyl (C=O) groups excluding carboxylic acids is 1. The van der Waals surface area contributed by atoms with Gasteiger partial charge in [-0.3, -0.25) is 14.8 Å². The van der Waals surface area contributed by atoms with Gasteiger partial charge in [-0.05, 0) is 30.5 Å². The number of hydrogen-bond acceptors (Lipinski definition) is 6. The van der Waals surface area contributed by atoms with E-state index in [4.69, 9.17) is 4.74 Å². The van der Waals surface area contributed by atoms with Crippen LogP contribution in [0.1, 0.15) is 18.4 Å². The van der Waals surface area contributed by atoms with Crippen LogP contribution in [0, 0.1) is 16.7 Å². The number of amides is 1. The Balaban J connectivity index is 1.38. The minimum absolute atomic E-state index is 0.286. The van der Waals surface area contributed by atoms with E-state index in [9.17, 15) is 10.1 Å². The highest BCUT2D eigenvalue weighted by atomic mass is 16.5. The van der Waals surface area contributed by atoms with E-state index in [1.54, 1.807) is 6.20 Å². The molecule has 3 N–H and O–H groups in total. The molecule has 0 radical (unpaired) electrons. The summed E-state index contributed by atoms with van der Waals surface area (Å²) in [5.74, 6) is 0.286. The van der Waals surface area contributed by atoms with Gasteiger partial charge in [-0.1, -0.05) is 6.07 Å². The second kappa shape index (κ2) is 6.99. The van der Waals surface area contributed by atoms with Gasteiger partial charge in [-0.25, -0.2) is 4.98 Å². The number of H-pyrrole nitrogens is 2. The van der Waals surface area contributed by atoms with Crippen molar-refractivity contribution in [1.29, 1.82) is 5.26 Å². The van der Waals surface area contributed by atoms with Crippen LogP contribution in [-0.2, 0) is 16.1 Å². The maximum Gasteiger partial charge on any atom is 0.244 e. The number of benzene rings is 1. The van der Waals surface area contributed by atoms with Crippen LogP contribution in [0.15, 0.2) is 24.4 Å². The number of aromatic nitrogens is 4. The van der Waals surface area contributed by atoms with E-state index in [0.717, 1.165) is 43.9 Å². The van der Waals surface area contributed by atoms with Crippen LogP contribution < -0.4 is 5.32 Å². The Kier molecular flexibility index (Phi) is 4.30. The number of carbonyl (C=O) groups is 1. The van der Waals surface area contributed by atoms with Gasteiger partial charge in [0.2, 0.25) is 5.91 Å². The van der Waals surface area contributed by atoms with E-state index in [1.807, 2.05) is 6.07 Å². The van der Waals surface area contributed by atoms with Gasteiger partial charge in [-0.2, -0.15) is 10.4 Å². The highest BCUT2D eigenvalue weighted by molar-refractivity contribution is 6.01. The lowest BCUT2D eigenvalue weighted by atomic mass is 10.1. The molecule has 1 saturated heterocycles. The third-order valence-electron chi connectivity index (χ3n) is 5.57. The van der Waals surface area contributed by atoms with Crippen LogP contribution in [0.2, 0.25) is 0 Å². The molecule has 0 unspecified atom stereocenters. The lowest BCUT2D eigenvalue weighted by Gasteiger charge is -2.26. The molecule has 0 bridgehead atoms. The molecule has 9 nitrogen and oxygen atoms in total. The van der Waals surface area contributed by atoms with Crippen LogP contribution in [0.3, 0.4) is 0 Å². The summed E-state index contributed by atoms with van der Waals surface area (Å²) in [5, 5.41) is 19.1. The Bertz CT molecular complexity index is 1100. The zero-order chi connectivity index (χ0) is 19.8. The molecule has 1 amide bonds. The standard InChI is InChI=1S/C20H21N7O2/c21-12-20(3-4-20)19(28)25-16-10-22-26-17(16)18-23-14-2-1-13(9-15(14)24-18)11-27-5-7-29-8-6-27/h1-2,9-10H,3-8,11H2,(H,22,26)(H,23,24)(H,25,28). The van der Waals surface area contributed by atoms with Crippen molar-refractivity contribution in [3.8, 4) is 17.6 Å². The van der Waals surface area contributed by atoms with Gasteiger partial charge in [0.05, 0.1) is 36.0 Å². The predicted octanol–water partition coefficient (Wildman–Crippen LogP) is 2.03. The number of anilines is 1. The van der Waals surface area contributed by atoms with Gasteiger partial charge in [0.25, 0.3) is 0 Å². The average Bonchev–Trinajstić information content (AvgIpc) is 3.23. The molecular formula is C20H21N7O2. The maximum atomic E-state index is 12.4. The Labute approximate surface area is 167 Å². The number of nitrogens with one attached hydrogen (secondary N) is 3. The van der Waals surface area contributed by atoms with E-state index in [0.29, 0.717) is 30.0 Å². The number of morpholine rings is 1. The number of ether oxygens (including phenoxy) is 1. The summed E-state index contributed by atoms with van der Waals surface area (Å²) < 4.78 is 5.41. The molecule has 9 heteroatoms. The molecule has 1 aliphatic carbocycles. The topological polar surface area (TPSA) is 123 Å². The highest BCUT2D eigenvalue weighted by Crippen LogP contribution is 2.46. The molecule has 148 valence electrons. The lowest BCUT2D eigenvalue weighted by molar-refractivity contribution is -0.119. The van der Waals surface area contributed by atoms with Crippen molar-refractivity contribution in [2.75, 3.05) is 31.6 Å². The summed E-state index contributed by atoms with van der Waals surface area (Å²) in [6, 6.07) is 8.29. The lowest BCUT2D eigenvalue weighted by Crippen LogP contribution is -2.35. The Morgan fingerprint density at radius 1 is 1.34 bits per heavy atom. The molecule has 0 spiro atoms. The summed E-state index contributed by atoms with van der Waals surface area (Å²) >= 11 is 0. The minimum atomic E-state index is -0.892. The van der Waals surface area contributed by atoms with Crippen molar-refractivity contribution < 1.29 is 9.53 Å². The number of nitrogens with zero attached hydrogens (tertiary/aromatic N) is 4. The number of hydrogen-bond donors (Lipinski definition) is 3. The first-order valence-corrected chi connectivity index (χ1v) is 9.72. The summed E-state index contributed by atoms with van der Waals surface area (Å²) in [7, 11) is 0. The van der Waals surface area contributed by atoms with Gasteiger partial charge in [0.15, 0.2) is 11.5 Å². The number of imidazole rings is 1. The molecule has 2 aliphatic rings. The fraction of sp³-hybridized carbons (Fsp3) is 0.400. The smallest absolute Gasteiger partial charge is 0.244 e. The normalized spacial score (nSPS) is 18.4. The zero-order valence-electron chi connectivity index (χ0n) is 15.9. The first-order chi connectivity index (χ1) is 14.2. The second-order valence-corrected chi connectivity index (χ2v) is 7.62. The van der Waals surface area contributed by atoms with E-state index >= 15 is 0 Å². The average molecular weight is 391 g/mol. The van der Waals surface area contributed by atoms with Gasteiger partial charge in [-0.15, -0.1) is 0 Å². The Hall–Kier alpha value is -3.22. The maximum absolute atomic E-state index is 12.4. The highest BCUT2D eigenvalue weighted by Gasteiger charge is 2.50. The SMILES string of the molecule is N#CC1(C(=O)Nc2c[nH]nc2-c2nc3cc(CN4CCOCC4)ccc3[nH]2)CC1. The molecule has 2 aromatic heterocycles. The number of aromatic amines is 2. The Morgan fingerprint density at radius 2 is 2.17 bits per heavy atom. The van der Waals surface area contributed by atoms with Crippen molar-refractivity contribution in [2.24, 2.45) is 5.41 Å². The predicted molar refractivity (Wildman–Crippen MR) is 106 cm³/mol. The van der Waals surface area contributed by atoms with E-state index in [1.165, 1.54) is 5.56 Å². The third kappa shape index (κ3) is 3.37. The van der Waals surface area contributed by atoms with Crippen molar-refractivity contribution in [2.45, 2.75) is 19.4 Å². The molecule has 1 saturated carbocycles. The van der Waals surface area contributed by atoms with E-state index < -0.39 is 5.41 Å². The summed E-state index contributed by atoms with van der Waals surface area (Å²) in [4.78, 5) is 22.7. The molecule has 29 heavy (non-hydrogen) atoms. The molecule has 3 aromatic rings. The van der Waals surface area contributed by atoms with Crippen molar-refractivity contribution >= 4 is 22.6 Å². The second-order valence-electron chi connectivity index (χ2n) is 7.62. The summed E-state index contributed by atoms with van der Waals surface area (Å²) in [6.07, 6.45) is 2.80. The largest absolute Gasteiger partial charge is 0.379 e. The van der Waals surface area contributed by atoms with Gasteiger partial charge >= 0.3 is 0 Å². The fourth-order valence-electron chi connectivity index (χ4n) is 3.60. The van der Waals surface area contributed by atoms with Crippen LogP contribution in [0.25, 0.3) is 22.6 Å². The quantitative estimate of drug-likeness (QED) is 0.612. The van der Waals surface area contributed by atoms with Crippen LogP contribution in [0.5, 0.6) is 0 Å². The third-order valence-corrected chi connectivity index (χ3v) is 5.57. The van der Waals surface area contributed by atoms with Crippen LogP contribution in [-0.4, -0.2) is 57.3 Å². The number of rotatable bonds is 5. The van der Waals surface area contributed by atoms with E-state index in [2.05, 4.69) is 48.6 Å². The number of nitriles is 1. The van der Waals surface area contributed by atoms with E-state index in [-0.39, 0.29) is 5.91 Å². The molecule has 0 atom stereocenters. The van der Waals surface area contributed by atoms with Crippen LogP contribution in [0.4, 0.5) is 5.69 Å². The fourth-order valence-corrected chi connectivity index (χ4v) is 3.60. The zero-order valence-corrected chi connectivity index (χ0v) is 15.9. The molecule has 2 fully saturated rings. The molecule has 3 heterocycles. The molecular weight excluding hydrogens is 370 g/mol. The first-order valence-electron chi connectivity index (χ1n) is 9.72. The monoisotopic (exact) mass is 391 g/mol. The first kappa shape index (κ1) is 17.8. The molecule has 1 aromatic carbocycles. The Morgan fingerprint density at radius 3 is 2.93 bits per heavy atom. The van der Waals surface area contributed by atoms with Gasteiger partial charge in [0.1, 0.15) is 5.41 Å². The summed E-state index contributed by atoms with van der Waals surface area (Å²) in [5.41, 5.74) is 3.10. The number of fused-ring (bicyclic) bond motifs is 1. The van der Waals surface area contributed by atoms with Gasteiger partial charge in [0, 0.05) is 25.8 Å². The van der Waals surface area contributed by atoms with Crippen molar-refractivity contribution in [3.63, 3.8) is 0 Å². The molecule has 1 aliphatic heterocycles. The van der Waals surface area contributed by atoms with Crippen molar-refractivity contribution in [1.82, 2.24) is 25.1 Å². The minimum Gasteiger partial charge on any atom is -0.379 e. The molecule has 5 rings (SSSR count). The van der Waals surface area contributed by atoms with Crippen LogP contribution >= 0.6 is 0 Å². The summed E-state index contributed by atoms with van der Waals surface area (Å²) in [6.45, 7) is 4.28. The van der Waals surface area contributed by atoms with Crippen molar-refractivity contribution in [3.05, 3.63) is 30.0 Å².